The third-order valence-electron chi connectivity index (χ3n) is 3.29. The van der Waals surface area contributed by atoms with E-state index in [1.54, 1.807) is 0 Å². The van der Waals surface area contributed by atoms with Gasteiger partial charge in [0.2, 0.25) is 0 Å². The molecule has 0 atom stereocenters. The van der Waals surface area contributed by atoms with Gasteiger partial charge in [0.15, 0.2) is 0 Å². The van der Waals surface area contributed by atoms with Crippen LogP contribution in [0.4, 0.5) is 0 Å². The first-order valence-corrected chi connectivity index (χ1v) is 7.64. The van der Waals surface area contributed by atoms with Crippen molar-refractivity contribution in [3.05, 3.63) is 0 Å². The van der Waals surface area contributed by atoms with Gasteiger partial charge in [-0.2, -0.15) is 0 Å². The summed E-state index contributed by atoms with van der Waals surface area (Å²) in [7, 11) is 1.13. The molecule has 1 aliphatic carbocycles. The molecule has 0 radical (unpaired) electrons. The maximum Gasteiger partial charge on any atom is 0.108 e. The normalized spacial score (nSPS) is 18.8. The van der Waals surface area contributed by atoms with E-state index in [1.165, 1.54) is 25.7 Å². The van der Waals surface area contributed by atoms with Crippen molar-refractivity contribution in [1.82, 2.24) is 15.2 Å². The lowest BCUT2D eigenvalue weighted by Crippen LogP contribution is -2.60. The van der Waals surface area contributed by atoms with Crippen LogP contribution in [0.15, 0.2) is 0 Å². The molecule has 0 amide bonds. The van der Waals surface area contributed by atoms with Gasteiger partial charge in [0, 0.05) is 18.1 Å². The second kappa shape index (κ2) is 6.74. The predicted molar refractivity (Wildman–Crippen MR) is 74.4 cm³/mol. The molecule has 3 nitrogen and oxygen atoms in total. The zero-order valence-electron chi connectivity index (χ0n) is 11.6. The number of hydrogen-bond donors (Lipinski definition) is 2. The molecule has 0 aliphatic heterocycles. The Morgan fingerprint density at radius 2 is 1.44 bits per heavy atom. The summed E-state index contributed by atoms with van der Waals surface area (Å²) in [6, 6.07) is 1.89. The molecule has 0 unspecified atom stereocenters. The van der Waals surface area contributed by atoms with E-state index in [0.29, 0.717) is 18.4 Å². The first-order chi connectivity index (χ1) is 7.50. The van der Waals surface area contributed by atoms with Crippen LogP contribution in [0.3, 0.4) is 0 Å². The van der Waals surface area contributed by atoms with Crippen LogP contribution in [0.25, 0.3) is 0 Å². The zero-order chi connectivity index (χ0) is 12.1. The largest absolute Gasteiger partial charge is 0.304 e. The third-order valence-corrected chi connectivity index (χ3v) is 4.54. The summed E-state index contributed by atoms with van der Waals surface area (Å²) in [6.07, 6.45) is 5.98. The van der Waals surface area contributed by atoms with Gasteiger partial charge in [-0.25, -0.2) is 0 Å². The van der Waals surface area contributed by atoms with Gasteiger partial charge in [0.05, 0.1) is 10.4 Å². The molecule has 0 spiro atoms. The quantitative estimate of drug-likeness (QED) is 0.534. The highest BCUT2D eigenvalue weighted by molar-refractivity contribution is 6.04. The van der Waals surface area contributed by atoms with E-state index in [9.17, 15) is 0 Å². The lowest BCUT2D eigenvalue weighted by molar-refractivity contribution is 0.167. The topological polar surface area (TPSA) is 27.3 Å². The summed E-state index contributed by atoms with van der Waals surface area (Å²) in [6.45, 7) is 8.89. The van der Waals surface area contributed by atoms with E-state index in [0.717, 1.165) is 16.4 Å². The van der Waals surface area contributed by atoms with Gasteiger partial charge < -0.3 is 4.57 Å². The summed E-state index contributed by atoms with van der Waals surface area (Å²) in [5.41, 5.74) is 0. The first kappa shape index (κ1) is 14.2. The molecular weight excluding hydrogens is 214 g/mol. The molecule has 2 N–H and O–H groups in total. The Hall–Kier alpha value is 0.0969. The Kier molecular flexibility index (Phi) is 5.96. The van der Waals surface area contributed by atoms with Crippen LogP contribution in [0, 0.1) is 0 Å². The second-order valence-corrected chi connectivity index (χ2v) is 6.68. The van der Waals surface area contributed by atoms with Gasteiger partial charge in [0.25, 0.3) is 0 Å². The first-order valence-electron chi connectivity index (χ1n) is 6.74. The SMILES string of the molecule is CC(C)NC(NC(C)C)N([SiH3])C1CCCC1. The Bertz CT molecular complexity index is 181. The van der Waals surface area contributed by atoms with Crippen LogP contribution < -0.4 is 10.6 Å². The lowest BCUT2D eigenvalue weighted by Gasteiger charge is -2.37. The molecule has 0 aromatic rings. The van der Waals surface area contributed by atoms with Gasteiger partial charge in [-0.15, -0.1) is 0 Å². The van der Waals surface area contributed by atoms with E-state index >= 15 is 0 Å². The highest BCUT2D eigenvalue weighted by Gasteiger charge is 2.25. The van der Waals surface area contributed by atoms with Crippen molar-refractivity contribution in [3.63, 3.8) is 0 Å². The van der Waals surface area contributed by atoms with Gasteiger partial charge in [0.1, 0.15) is 6.29 Å². The minimum Gasteiger partial charge on any atom is -0.304 e. The monoisotopic (exact) mass is 243 g/mol. The molecule has 1 aliphatic rings. The standard InChI is InChI=1S/C12H29N3Si/c1-9(2)13-12(14-10(3)4)15(16)11-7-5-6-8-11/h9-14H,5-8H2,1-4,16H3. The molecule has 1 fully saturated rings. The molecule has 1 rings (SSSR count). The van der Waals surface area contributed by atoms with Gasteiger partial charge in [-0.1, -0.05) is 12.8 Å². The number of hydrogen-bond acceptors (Lipinski definition) is 3. The molecular formula is C12H29N3Si. The second-order valence-electron chi connectivity index (χ2n) is 5.65. The van der Waals surface area contributed by atoms with E-state index in [4.69, 9.17) is 0 Å². The molecule has 0 aromatic heterocycles. The third kappa shape index (κ3) is 4.53. The zero-order valence-corrected chi connectivity index (χ0v) is 13.6. The van der Waals surface area contributed by atoms with Crippen molar-refractivity contribution < 1.29 is 0 Å². The van der Waals surface area contributed by atoms with E-state index < -0.39 is 0 Å². The molecule has 0 bridgehead atoms. The molecule has 1 saturated carbocycles. The van der Waals surface area contributed by atoms with Crippen molar-refractivity contribution in [1.29, 1.82) is 0 Å². The number of nitrogens with zero attached hydrogens (tertiary/aromatic N) is 1. The fourth-order valence-electron chi connectivity index (χ4n) is 2.44. The number of nitrogens with one attached hydrogen (secondary N) is 2. The van der Waals surface area contributed by atoms with Gasteiger partial charge >= 0.3 is 0 Å². The summed E-state index contributed by atoms with van der Waals surface area (Å²) in [4.78, 5) is 0. The van der Waals surface area contributed by atoms with Crippen molar-refractivity contribution in [2.45, 2.75) is 77.8 Å². The molecule has 0 aromatic carbocycles. The molecule has 16 heavy (non-hydrogen) atoms. The van der Waals surface area contributed by atoms with Crippen molar-refractivity contribution in [2.24, 2.45) is 0 Å². The maximum absolute atomic E-state index is 3.64. The molecule has 4 heteroatoms. The minimum atomic E-state index is 0.370. The number of rotatable bonds is 6. The van der Waals surface area contributed by atoms with Crippen LogP contribution in [-0.2, 0) is 0 Å². The van der Waals surface area contributed by atoms with E-state index in [1.807, 2.05) is 0 Å². The van der Waals surface area contributed by atoms with Gasteiger partial charge in [-0.3, -0.25) is 10.6 Å². The smallest absolute Gasteiger partial charge is 0.108 e. The summed E-state index contributed by atoms with van der Waals surface area (Å²) < 4.78 is 2.62. The fourth-order valence-corrected chi connectivity index (χ4v) is 3.25. The van der Waals surface area contributed by atoms with Crippen LogP contribution in [0.1, 0.15) is 53.4 Å². The average Bonchev–Trinajstić information content (AvgIpc) is 2.66. The Labute approximate surface area is 104 Å². The summed E-state index contributed by atoms with van der Waals surface area (Å²) in [5.74, 6) is 0. The van der Waals surface area contributed by atoms with E-state index in [-0.39, 0.29) is 0 Å². The fraction of sp³-hybridized carbons (Fsp3) is 1.00. The van der Waals surface area contributed by atoms with Crippen LogP contribution in [-0.4, -0.2) is 39.4 Å². The minimum absolute atomic E-state index is 0.370. The summed E-state index contributed by atoms with van der Waals surface area (Å²) >= 11 is 0. The van der Waals surface area contributed by atoms with Gasteiger partial charge in [-0.05, 0) is 40.5 Å². The maximum atomic E-state index is 3.64. The van der Waals surface area contributed by atoms with Crippen LogP contribution in [0.2, 0.25) is 0 Å². The van der Waals surface area contributed by atoms with Crippen molar-refractivity contribution in [2.75, 3.05) is 0 Å². The van der Waals surface area contributed by atoms with Crippen LogP contribution in [0.5, 0.6) is 0 Å². The van der Waals surface area contributed by atoms with Crippen molar-refractivity contribution >= 4 is 10.4 Å². The summed E-state index contributed by atoms with van der Waals surface area (Å²) in [5, 5.41) is 7.27. The lowest BCUT2D eigenvalue weighted by atomic mass is 10.2. The highest BCUT2D eigenvalue weighted by Crippen LogP contribution is 2.22. The average molecular weight is 243 g/mol. The highest BCUT2D eigenvalue weighted by atomic mass is 28.2. The Morgan fingerprint density at radius 3 is 1.81 bits per heavy atom. The Morgan fingerprint density at radius 1 is 1.00 bits per heavy atom. The molecule has 0 saturated heterocycles. The molecule has 0 heterocycles. The molecule has 96 valence electrons. The van der Waals surface area contributed by atoms with Crippen molar-refractivity contribution in [3.8, 4) is 0 Å². The predicted octanol–water partition coefficient (Wildman–Crippen LogP) is 0.791. The van der Waals surface area contributed by atoms with E-state index in [2.05, 4.69) is 42.9 Å². The Balaban J connectivity index is 2.51. The van der Waals surface area contributed by atoms with Crippen LogP contribution >= 0.6 is 0 Å².